The number of amides is 3. The van der Waals surface area contributed by atoms with E-state index in [0.717, 1.165) is 14.9 Å². The first-order valence-electron chi connectivity index (χ1n) is 6.89. The molecule has 1 saturated heterocycles. The molecule has 0 atom stereocenters. The maximum Gasteiger partial charge on any atom is 0.328 e. The number of urea groups is 1. The van der Waals surface area contributed by atoms with E-state index in [1.807, 2.05) is 12.1 Å². The Labute approximate surface area is 146 Å². The van der Waals surface area contributed by atoms with Crippen LogP contribution in [0.25, 0.3) is 17.4 Å². The Kier molecular flexibility index (Phi) is 4.28. The van der Waals surface area contributed by atoms with Gasteiger partial charge in [-0.1, -0.05) is 17.7 Å². The Morgan fingerprint density at radius 2 is 2.09 bits per heavy atom. The number of imide groups is 1. The van der Waals surface area contributed by atoms with E-state index in [-0.39, 0.29) is 11.6 Å². The molecule has 0 bridgehead atoms. The monoisotopic (exact) mass is 394 g/mol. The Bertz CT molecular complexity index is 828. The minimum absolute atomic E-state index is 0.201. The van der Waals surface area contributed by atoms with Crippen LogP contribution in [0.4, 0.5) is 4.79 Å². The number of halogens is 2. The van der Waals surface area contributed by atoms with Crippen LogP contribution in [0.3, 0.4) is 0 Å². The molecule has 5 nitrogen and oxygen atoms in total. The quantitative estimate of drug-likeness (QED) is 0.623. The number of benzene rings is 1. The van der Waals surface area contributed by atoms with Crippen LogP contribution < -0.4 is 5.32 Å². The summed E-state index contributed by atoms with van der Waals surface area (Å²) in [5.74, 6) is 0.734. The van der Waals surface area contributed by atoms with Gasteiger partial charge in [-0.3, -0.25) is 9.69 Å². The van der Waals surface area contributed by atoms with Gasteiger partial charge in [0.15, 0.2) is 0 Å². The molecule has 0 spiro atoms. The molecule has 0 radical (unpaired) electrons. The van der Waals surface area contributed by atoms with Gasteiger partial charge in [0, 0.05) is 22.7 Å². The maximum atomic E-state index is 12.0. The summed E-state index contributed by atoms with van der Waals surface area (Å²) >= 11 is 9.41. The third-order valence-electron chi connectivity index (χ3n) is 3.40. The molecule has 1 fully saturated rings. The lowest BCUT2D eigenvalue weighted by molar-refractivity contribution is -0.122. The topological polar surface area (TPSA) is 62.6 Å². The van der Waals surface area contributed by atoms with Crippen molar-refractivity contribution in [3.05, 3.63) is 51.3 Å². The van der Waals surface area contributed by atoms with Gasteiger partial charge < -0.3 is 9.73 Å². The number of carbonyl (C=O) groups excluding carboxylic acids is 2. The average molecular weight is 396 g/mol. The fourth-order valence-electron chi connectivity index (χ4n) is 2.24. The number of carbonyl (C=O) groups is 2. The van der Waals surface area contributed by atoms with E-state index >= 15 is 0 Å². The zero-order valence-corrected chi connectivity index (χ0v) is 14.4. The zero-order valence-electron chi connectivity index (χ0n) is 12.1. The van der Waals surface area contributed by atoms with Crippen molar-refractivity contribution in [3.8, 4) is 11.3 Å². The van der Waals surface area contributed by atoms with Gasteiger partial charge in [0.25, 0.3) is 5.91 Å². The van der Waals surface area contributed by atoms with Gasteiger partial charge in [0.1, 0.15) is 17.2 Å². The molecule has 7 heteroatoms. The number of furan rings is 1. The second-order valence-electron chi connectivity index (χ2n) is 4.87. The van der Waals surface area contributed by atoms with Gasteiger partial charge in [-0.2, -0.15) is 0 Å². The van der Waals surface area contributed by atoms with Gasteiger partial charge in [-0.25, -0.2) is 4.79 Å². The van der Waals surface area contributed by atoms with Crippen molar-refractivity contribution in [1.82, 2.24) is 10.2 Å². The first-order valence-corrected chi connectivity index (χ1v) is 8.06. The highest BCUT2D eigenvalue weighted by Crippen LogP contribution is 2.30. The van der Waals surface area contributed by atoms with Crippen LogP contribution in [0, 0.1) is 0 Å². The third-order valence-corrected chi connectivity index (χ3v) is 4.63. The Hall–Kier alpha value is -2.05. The highest BCUT2D eigenvalue weighted by atomic mass is 79.9. The van der Waals surface area contributed by atoms with Crippen molar-refractivity contribution in [1.29, 1.82) is 0 Å². The second kappa shape index (κ2) is 6.22. The van der Waals surface area contributed by atoms with E-state index in [2.05, 4.69) is 21.2 Å². The predicted octanol–water partition coefficient (Wildman–Crippen LogP) is 4.28. The number of likely N-dealkylation sites (N-methyl/N-ethyl adjacent to an activating group) is 1. The first-order chi connectivity index (χ1) is 11.0. The lowest BCUT2D eigenvalue weighted by Crippen LogP contribution is -2.30. The molecule has 0 saturated carbocycles. The summed E-state index contributed by atoms with van der Waals surface area (Å²) < 4.78 is 6.51. The number of hydrogen-bond acceptors (Lipinski definition) is 3. The van der Waals surface area contributed by atoms with E-state index in [0.29, 0.717) is 23.1 Å². The largest absolute Gasteiger partial charge is 0.457 e. The summed E-state index contributed by atoms with van der Waals surface area (Å²) in [4.78, 5) is 24.8. The van der Waals surface area contributed by atoms with Crippen LogP contribution in [0.1, 0.15) is 12.7 Å². The van der Waals surface area contributed by atoms with Crippen LogP contribution >= 0.6 is 27.5 Å². The molecule has 1 aromatic heterocycles. The standard InChI is InChI=1S/C16H12BrClN2O3/c1-2-20-15(21)13(19-16(20)22)8-10-4-6-14(23-10)9-3-5-11(17)12(18)7-9/h3-8H,2H2,1H3,(H,19,22)/b13-8+. The van der Waals surface area contributed by atoms with Crippen LogP contribution in [0.15, 0.2) is 44.9 Å². The van der Waals surface area contributed by atoms with E-state index in [1.54, 1.807) is 25.1 Å². The van der Waals surface area contributed by atoms with Crippen molar-refractivity contribution in [2.45, 2.75) is 6.92 Å². The molecule has 0 unspecified atom stereocenters. The molecular formula is C16H12BrClN2O3. The van der Waals surface area contributed by atoms with Gasteiger partial charge >= 0.3 is 6.03 Å². The maximum absolute atomic E-state index is 12.0. The summed E-state index contributed by atoms with van der Waals surface area (Å²) in [6, 6.07) is 8.57. The number of nitrogens with one attached hydrogen (secondary N) is 1. The van der Waals surface area contributed by atoms with E-state index in [1.165, 1.54) is 6.08 Å². The Morgan fingerprint density at radius 1 is 1.30 bits per heavy atom. The first kappa shape index (κ1) is 15.8. The van der Waals surface area contributed by atoms with Crippen molar-refractivity contribution in [2.24, 2.45) is 0 Å². The summed E-state index contributed by atoms with van der Waals surface area (Å²) in [6.45, 7) is 2.06. The molecule has 0 aliphatic carbocycles. The highest BCUT2D eigenvalue weighted by molar-refractivity contribution is 9.10. The fourth-order valence-corrected chi connectivity index (χ4v) is 2.66. The fraction of sp³-hybridized carbons (Fsp3) is 0.125. The third kappa shape index (κ3) is 3.04. The minimum atomic E-state index is -0.421. The molecule has 2 aromatic rings. The van der Waals surface area contributed by atoms with Gasteiger partial charge in [0.05, 0.1) is 5.02 Å². The summed E-state index contributed by atoms with van der Waals surface area (Å²) in [5, 5.41) is 3.11. The second-order valence-corrected chi connectivity index (χ2v) is 6.13. The Morgan fingerprint density at radius 3 is 2.74 bits per heavy atom. The Balaban J connectivity index is 1.88. The number of hydrogen-bond donors (Lipinski definition) is 1. The van der Waals surface area contributed by atoms with E-state index in [4.69, 9.17) is 16.0 Å². The minimum Gasteiger partial charge on any atom is -0.457 e. The predicted molar refractivity (Wildman–Crippen MR) is 90.7 cm³/mol. The zero-order chi connectivity index (χ0) is 16.6. The normalized spacial score (nSPS) is 16.3. The van der Waals surface area contributed by atoms with Gasteiger partial charge in [-0.05, 0) is 47.1 Å². The van der Waals surface area contributed by atoms with Crippen molar-refractivity contribution < 1.29 is 14.0 Å². The van der Waals surface area contributed by atoms with Crippen molar-refractivity contribution in [3.63, 3.8) is 0 Å². The van der Waals surface area contributed by atoms with Crippen LogP contribution in [-0.4, -0.2) is 23.4 Å². The molecule has 23 heavy (non-hydrogen) atoms. The molecule has 3 rings (SSSR count). The van der Waals surface area contributed by atoms with Crippen molar-refractivity contribution in [2.75, 3.05) is 6.54 Å². The molecule has 1 aliphatic rings. The average Bonchev–Trinajstić information content (AvgIpc) is 3.08. The van der Waals surface area contributed by atoms with Crippen LogP contribution in [-0.2, 0) is 4.79 Å². The molecule has 1 N–H and O–H groups in total. The molecule has 3 amide bonds. The summed E-state index contributed by atoms with van der Waals surface area (Å²) in [5.41, 5.74) is 1.02. The molecule has 1 aliphatic heterocycles. The highest BCUT2D eigenvalue weighted by Gasteiger charge is 2.32. The smallest absolute Gasteiger partial charge is 0.328 e. The summed E-state index contributed by atoms with van der Waals surface area (Å²) in [7, 11) is 0. The summed E-state index contributed by atoms with van der Waals surface area (Å²) in [6.07, 6.45) is 1.51. The van der Waals surface area contributed by atoms with Crippen LogP contribution in [0.2, 0.25) is 5.02 Å². The van der Waals surface area contributed by atoms with Gasteiger partial charge in [0.2, 0.25) is 0 Å². The number of nitrogens with zero attached hydrogens (tertiary/aromatic N) is 1. The lowest BCUT2D eigenvalue weighted by Gasteiger charge is -2.05. The SMILES string of the molecule is CCN1C(=O)N/C(=C/c2ccc(-c3ccc(Br)c(Cl)c3)o2)C1=O. The number of rotatable bonds is 3. The van der Waals surface area contributed by atoms with E-state index < -0.39 is 6.03 Å². The van der Waals surface area contributed by atoms with Gasteiger partial charge in [-0.15, -0.1) is 0 Å². The molecule has 2 heterocycles. The van der Waals surface area contributed by atoms with E-state index in [9.17, 15) is 9.59 Å². The molecular weight excluding hydrogens is 384 g/mol. The van der Waals surface area contributed by atoms with Crippen molar-refractivity contribution >= 4 is 45.5 Å². The molecule has 1 aromatic carbocycles. The molecule has 118 valence electrons. The van der Waals surface area contributed by atoms with Crippen LogP contribution in [0.5, 0.6) is 0 Å². The lowest BCUT2D eigenvalue weighted by atomic mass is 10.2.